The van der Waals surface area contributed by atoms with Gasteiger partial charge < -0.3 is 4.48 Å². The van der Waals surface area contributed by atoms with Crippen LogP contribution in [-0.4, -0.2) is 29.7 Å². The highest BCUT2D eigenvalue weighted by Gasteiger charge is 2.41. The summed E-state index contributed by atoms with van der Waals surface area (Å²) in [7, 11) is 0. The van der Waals surface area contributed by atoms with E-state index in [2.05, 4.69) is 41.5 Å². The van der Waals surface area contributed by atoms with Crippen LogP contribution in [0.4, 0.5) is 0 Å². The number of hydrogen-bond donors (Lipinski definition) is 0. The molecule has 1 nitrogen and oxygen atoms in total. The van der Waals surface area contributed by atoms with Gasteiger partial charge in [0, 0.05) is 6.42 Å². The van der Waals surface area contributed by atoms with Gasteiger partial charge in [-0.25, -0.2) is 0 Å². The Balaban J connectivity index is 5.21. The zero-order chi connectivity index (χ0) is 33.2. The molecule has 0 heterocycles. The summed E-state index contributed by atoms with van der Waals surface area (Å²) in [6, 6.07) is 0. The fraction of sp³-hybridized carbons (Fsp3) is 1.00. The summed E-state index contributed by atoms with van der Waals surface area (Å²) in [5, 5.41) is 0. The third-order valence-corrected chi connectivity index (χ3v) is 11.5. The summed E-state index contributed by atoms with van der Waals surface area (Å²) >= 11 is 0. The third kappa shape index (κ3) is 26.6. The minimum absolute atomic E-state index is 0.421. The predicted octanol–water partition coefficient (Wildman–Crippen LogP) is 15.9. The highest BCUT2D eigenvalue weighted by Crippen LogP contribution is 2.34. The quantitative estimate of drug-likeness (QED) is 0.0468. The molecular weight excluding hydrogens is 542 g/mol. The van der Waals surface area contributed by atoms with E-state index >= 15 is 0 Å². The first-order valence-corrected chi connectivity index (χ1v) is 21.9. The van der Waals surface area contributed by atoms with Gasteiger partial charge in [-0.2, -0.15) is 0 Å². The maximum absolute atomic E-state index is 2.71. The van der Waals surface area contributed by atoms with Gasteiger partial charge in [0.1, 0.15) is 0 Å². The summed E-state index contributed by atoms with van der Waals surface area (Å²) in [4.78, 5) is 0. The van der Waals surface area contributed by atoms with Crippen LogP contribution in [-0.2, 0) is 0 Å². The fourth-order valence-corrected chi connectivity index (χ4v) is 7.99. The molecule has 0 rings (SSSR count). The topological polar surface area (TPSA) is 0 Å². The zero-order valence-corrected chi connectivity index (χ0v) is 33.1. The molecule has 0 aliphatic heterocycles. The van der Waals surface area contributed by atoms with Crippen LogP contribution in [0.25, 0.3) is 0 Å². The third-order valence-electron chi connectivity index (χ3n) is 11.5. The van der Waals surface area contributed by atoms with Crippen molar-refractivity contribution in [2.24, 2.45) is 0 Å². The first kappa shape index (κ1) is 45.0. The van der Waals surface area contributed by atoms with Crippen molar-refractivity contribution in [2.75, 3.05) is 19.6 Å². The Kier molecular flexibility index (Phi) is 33.8. The van der Waals surface area contributed by atoms with E-state index in [0.29, 0.717) is 5.54 Å². The molecule has 272 valence electrons. The van der Waals surface area contributed by atoms with E-state index in [0.717, 1.165) is 0 Å². The Labute approximate surface area is 288 Å². The van der Waals surface area contributed by atoms with E-state index in [4.69, 9.17) is 0 Å². The normalized spacial score (nSPS) is 12.4. The van der Waals surface area contributed by atoms with Crippen LogP contribution in [0.1, 0.15) is 260 Å². The monoisotopic (exact) mass is 635 g/mol. The molecule has 0 aromatic rings. The average Bonchev–Trinajstić information content (AvgIpc) is 3.03. The summed E-state index contributed by atoms with van der Waals surface area (Å²) in [6.45, 7) is 19.1. The summed E-state index contributed by atoms with van der Waals surface area (Å²) < 4.78 is 1.44. The van der Waals surface area contributed by atoms with E-state index in [1.54, 1.807) is 0 Å². The van der Waals surface area contributed by atoms with Gasteiger partial charge >= 0.3 is 0 Å². The van der Waals surface area contributed by atoms with E-state index in [1.165, 1.54) is 242 Å². The smallest absolute Gasteiger partial charge is 0.0935 e. The van der Waals surface area contributed by atoms with Gasteiger partial charge in [0.25, 0.3) is 0 Å². The molecule has 0 spiro atoms. The fourth-order valence-electron chi connectivity index (χ4n) is 7.99. The van der Waals surface area contributed by atoms with Gasteiger partial charge in [0.2, 0.25) is 0 Å². The largest absolute Gasteiger partial charge is 0.319 e. The number of rotatable bonds is 38. The Hall–Kier alpha value is -0.0400. The molecule has 0 aromatic heterocycles. The van der Waals surface area contributed by atoms with Crippen molar-refractivity contribution in [3.63, 3.8) is 0 Å². The number of unbranched alkanes of at least 4 members (excludes halogenated alkanes) is 29. The van der Waals surface area contributed by atoms with Crippen molar-refractivity contribution in [1.82, 2.24) is 0 Å². The van der Waals surface area contributed by atoms with Crippen molar-refractivity contribution < 1.29 is 4.48 Å². The van der Waals surface area contributed by atoms with Crippen LogP contribution in [0.15, 0.2) is 0 Å². The molecule has 0 aliphatic carbocycles. The zero-order valence-electron chi connectivity index (χ0n) is 33.1. The Bertz CT molecular complexity index is 531. The molecule has 0 unspecified atom stereocenters. The van der Waals surface area contributed by atoms with E-state index in [1.807, 2.05) is 0 Å². The molecule has 0 radical (unpaired) electrons. The van der Waals surface area contributed by atoms with Crippen molar-refractivity contribution in [2.45, 2.75) is 265 Å². The Morgan fingerprint density at radius 2 is 0.467 bits per heavy atom. The lowest BCUT2D eigenvalue weighted by atomic mass is 9.88. The molecule has 0 N–H and O–H groups in total. The molecule has 0 bridgehead atoms. The van der Waals surface area contributed by atoms with Gasteiger partial charge in [0.15, 0.2) is 0 Å². The first-order valence-electron chi connectivity index (χ1n) is 21.9. The van der Waals surface area contributed by atoms with Gasteiger partial charge in [-0.05, 0) is 58.8 Å². The van der Waals surface area contributed by atoms with Crippen LogP contribution in [0.3, 0.4) is 0 Å². The van der Waals surface area contributed by atoms with Crippen molar-refractivity contribution in [1.29, 1.82) is 0 Å². The second-order valence-corrected chi connectivity index (χ2v) is 16.1. The van der Waals surface area contributed by atoms with Gasteiger partial charge in [-0.1, -0.05) is 195 Å². The molecule has 0 saturated carbocycles. The standard InChI is InChI=1S/C44H92N/c1-7-11-15-19-23-27-31-35-39-43-45(41-37-33-29-25-21-17-13-9-3,42-38-34-30-26-22-18-14-10-4)44(5,6)40-36-32-28-24-20-16-12-8-2/h7-43H2,1-6H3/q+1. The van der Waals surface area contributed by atoms with Gasteiger partial charge in [0.05, 0.1) is 25.2 Å². The second-order valence-electron chi connectivity index (χ2n) is 16.1. The molecule has 45 heavy (non-hydrogen) atoms. The summed E-state index contributed by atoms with van der Waals surface area (Å²) in [6.07, 6.45) is 49.3. The molecule has 0 fully saturated rings. The van der Waals surface area contributed by atoms with E-state index in [9.17, 15) is 0 Å². The highest BCUT2D eigenvalue weighted by atomic mass is 15.4. The molecule has 0 aliphatic rings. The molecular formula is C44H92N+. The molecule has 0 atom stereocenters. The SMILES string of the molecule is CCCCCCCCCCC[N+](CCCCCCCCCC)(CCCCCCCCCC)C(C)(C)CCCCCCCCCC. The van der Waals surface area contributed by atoms with Crippen LogP contribution in [0.2, 0.25) is 0 Å². The lowest BCUT2D eigenvalue weighted by Gasteiger charge is -2.51. The van der Waals surface area contributed by atoms with E-state index in [-0.39, 0.29) is 0 Å². The molecule has 1 heteroatoms. The minimum atomic E-state index is 0.421. The Morgan fingerprint density at radius 1 is 0.267 bits per heavy atom. The molecule has 0 amide bonds. The van der Waals surface area contributed by atoms with E-state index < -0.39 is 0 Å². The predicted molar refractivity (Wildman–Crippen MR) is 209 cm³/mol. The van der Waals surface area contributed by atoms with Crippen LogP contribution in [0, 0.1) is 0 Å². The maximum atomic E-state index is 2.71. The lowest BCUT2D eigenvalue weighted by Crippen LogP contribution is -2.63. The summed E-state index contributed by atoms with van der Waals surface area (Å²) in [5.41, 5.74) is 0.421. The first-order chi connectivity index (χ1) is 22.0. The molecule has 0 aromatic carbocycles. The van der Waals surface area contributed by atoms with Crippen molar-refractivity contribution >= 4 is 0 Å². The van der Waals surface area contributed by atoms with Crippen LogP contribution in [0.5, 0.6) is 0 Å². The van der Waals surface area contributed by atoms with Crippen LogP contribution >= 0.6 is 0 Å². The van der Waals surface area contributed by atoms with Gasteiger partial charge in [-0.3, -0.25) is 0 Å². The second kappa shape index (κ2) is 33.8. The lowest BCUT2D eigenvalue weighted by molar-refractivity contribution is -0.973. The van der Waals surface area contributed by atoms with Crippen molar-refractivity contribution in [3.8, 4) is 0 Å². The minimum Gasteiger partial charge on any atom is -0.319 e. The number of nitrogens with zero attached hydrogens (tertiary/aromatic N) is 1. The Morgan fingerprint density at radius 3 is 0.711 bits per heavy atom. The summed E-state index contributed by atoms with van der Waals surface area (Å²) in [5.74, 6) is 0. The number of quaternary nitrogens is 1. The van der Waals surface area contributed by atoms with Gasteiger partial charge in [-0.15, -0.1) is 0 Å². The van der Waals surface area contributed by atoms with Crippen LogP contribution < -0.4 is 0 Å². The molecule has 0 saturated heterocycles. The van der Waals surface area contributed by atoms with Crippen molar-refractivity contribution in [3.05, 3.63) is 0 Å². The average molecular weight is 635 g/mol. The highest BCUT2D eigenvalue weighted by molar-refractivity contribution is 4.73. The number of hydrogen-bond acceptors (Lipinski definition) is 0. The maximum Gasteiger partial charge on any atom is 0.0935 e.